The number of aromatic nitrogens is 2. The van der Waals surface area contributed by atoms with Gasteiger partial charge in [0.1, 0.15) is 5.82 Å². The predicted octanol–water partition coefficient (Wildman–Crippen LogP) is 6.42. The highest BCUT2D eigenvalue weighted by Gasteiger charge is 2.43. The van der Waals surface area contributed by atoms with Crippen LogP contribution in [0.5, 0.6) is 0 Å². The summed E-state index contributed by atoms with van der Waals surface area (Å²) in [4.78, 5) is 6.51. The van der Waals surface area contributed by atoms with Crippen molar-refractivity contribution >= 4 is 23.0 Å². The molecule has 1 fully saturated rings. The van der Waals surface area contributed by atoms with Crippen molar-refractivity contribution in [1.82, 2.24) is 14.9 Å². The van der Waals surface area contributed by atoms with Gasteiger partial charge in [-0.3, -0.25) is 4.98 Å². The third-order valence-corrected chi connectivity index (χ3v) is 6.78. The van der Waals surface area contributed by atoms with Gasteiger partial charge in [0.2, 0.25) is 0 Å². The predicted molar refractivity (Wildman–Crippen MR) is 139 cm³/mol. The Balaban J connectivity index is 1.71. The molecule has 2 atom stereocenters. The largest absolute Gasteiger partial charge is 0.351 e. The number of pyridine rings is 1. The summed E-state index contributed by atoms with van der Waals surface area (Å²) in [5, 5.41) is 3.92. The average Bonchev–Trinajstić information content (AvgIpc) is 3.29. The number of benzene rings is 2. The molecule has 2 aromatic carbocycles. The maximum absolute atomic E-state index is 15.0. The van der Waals surface area contributed by atoms with E-state index in [9.17, 15) is 0 Å². The topological polar surface area (TPSA) is 33.1 Å². The third kappa shape index (κ3) is 3.78. The number of hydrogen-bond acceptors (Lipinski definition) is 2. The van der Waals surface area contributed by atoms with E-state index in [2.05, 4.69) is 66.8 Å². The summed E-state index contributed by atoms with van der Waals surface area (Å²) < 4.78 is 17.3. The van der Waals surface area contributed by atoms with Crippen LogP contribution in [0, 0.1) is 33.5 Å². The Bertz CT molecular complexity index is 1360. The van der Waals surface area contributed by atoms with Crippen LogP contribution >= 0.6 is 12.2 Å². The molecule has 0 aliphatic carbocycles. The fourth-order valence-electron chi connectivity index (χ4n) is 5.14. The van der Waals surface area contributed by atoms with Crippen molar-refractivity contribution in [3.63, 3.8) is 0 Å². The van der Waals surface area contributed by atoms with Crippen molar-refractivity contribution in [3.05, 3.63) is 113 Å². The monoisotopic (exact) mass is 470 g/mol. The van der Waals surface area contributed by atoms with Crippen LogP contribution in [0.2, 0.25) is 0 Å². The molecule has 0 bridgehead atoms. The Kier molecular flexibility index (Phi) is 5.70. The van der Waals surface area contributed by atoms with Crippen LogP contribution in [0.4, 0.5) is 10.1 Å². The van der Waals surface area contributed by atoms with Crippen LogP contribution in [-0.4, -0.2) is 14.7 Å². The van der Waals surface area contributed by atoms with Crippen LogP contribution in [-0.2, 0) is 0 Å². The lowest BCUT2D eigenvalue weighted by atomic mass is 9.96. The second-order valence-electron chi connectivity index (χ2n) is 8.96. The molecule has 2 aromatic heterocycles. The van der Waals surface area contributed by atoms with Gasteiger partial charge in [-0.05, 0) is 99.1 Å². The molecule has 4 nitrogen and oxygen atoms in total. The number of rotatable bonds is 4. The van der Waals surface area contributed by atoms with Gasteiger partial charge in [-0.15, -0.1) is 0 Å². The highest BCUT2D eigenvalue weighted by molar-refractivity contribution is 7.80. The zero-order valence-electron chi connectivity index (χ0n) is 19.7. The minimum absolute atomic E-state index is 0.221. The van der Waals surface area contributed by atoms with E-state index in [1.165, 1.54) is 17.2 Å². The van der Waals surface area contributed by atoms with E-state index in [-0.39, 0.29) is 17.9 Å². The van der Waals surface area contributed by atoms with Crippen LogP contribution in [0.3, 0.4) is 0 Å². The summed E-state index contributed by atoms with van der Waals surface area (Å²) in [5.74, 6) is -0.304. The molecule has 0 saturated carbocycles. The molecule has 0 unspecified atom stereocenters. The molecule has 5 rings (SSSR count). The Hall–Kier alpha value is -3.51. The molecule has 0 spiro atoms. The Morgan fingerprint density at radius 1 is 0.912 bits per heavy atom. The summed E-state index contributed by atoms with van der Waals surface area (Å²) in [6, 6.07) is 20.9. The first-order chi connectivity index (χ1) is 16.3. The van der Waals surface area contributed by atoms with Gasteiger partial charge in [-0.25, -0.2) is 4.39 Å². The molecule has 172 valence electrons. The van der Waals surface area contributed by atoms with Crippen LogP contribution in [0.25, 0.3) is 5.69 Å². The summed E-state index contributed by atoms with van der Waals surface area (Å²) in [7, 11) is 0. The van der Waals surface area contributed by atoms with Gasteiger partial charge in [0.15, 0.2) is 5.11 Å². The van der Waals surface area contributed by atoms with Gasteiger partial charge in [0.25, 0.3) is 0 Å². The first-order valence-corrected chi connectivity index (χ1v) is 11.8. The number of para-hydroxylation sites is 1. The lowest BCUT2D eigenvalue weighted by molar-refractivity contribution is 0.556. The van der Waals surface area contributed by atoms with E-state index >= 15 is 4.39 Å². The highest BCUT2D eigenvalue weighted by atomic mass is 32.1. The standard InChI is InChI=1S/C28H27FN4S/c1-17-13-18(2)15-21(14-17)32-19(3)16-22(20(32)4)27-26(24-10-7-8-12-30-24)31-28(34)33(27)25-11-6-5-9-23(25)29/h5-16,26-27H,1-4H3,(H,31,34)/t26-,27-/m1/s1. The van der Waals surface area contributed by atoms with Crippen molar-refractivity contribution in [2.45, 2.75) is 39.8 Å². The Labute approximate surface area is 205 Å². The van der Waals surface area contributed by atoms with E-state index in [0.29, 0.717) is 10.8 Å². The lowest BCUT2D eigenvalue weighted by Crippen LogP contribution is -2.30. The first kappa shape index (κ1) is 22.3. The van der Waals surface area contributed by atoms with E-state index in [1.54, 1.807) is 18.3 Å². The minimum atomic E-state index is -0.304. The zero-order chi connectivity index (χ0) is 24.0. The normalized spacial score (nSPS) is 17.8. The van der Waals surface area contributed by atoms with E-state index in [0.717, 1.165) is 28.3 Å². The smallest absolute Gasteiger partial charge is 0.174 e. The maximum Gasteiger partial charge on any atom is 0.174 e. The van der Waals surface area contributed by atoms with Crippen molar-refractivity contribution in [3.8, 4) is 5.69 Å². The van der Waals surface area contributed by atoms with Crippen LogP contribution in [0.15, 0.2) is 72.9 Å². The quantitative estimate of drug-likeness (QED) is 0.349. The van der Waals surface area contributed by atoms with Crippen LogP contribution in [0.1, 0.15) is 45.9 Å². The summed E-state index contributed by atoms with van der Waals surface area (Å²) >= 11 is 5.76. The second-order valence-corrected chi connectivity index (χ2v) is 9.34. The van der Waals surface area contributed by atoms with E-state index in [4.69, 9.17) is 12.2 Å². The summed E-state index contributed by atoms with van der Waals surface area (Å²) in [6.45, 7) is 8.46. The number of thiocarbonyl (C=S) groups is 1. The number of hydrogen-bond donors (Lipinski definition) is 1. The van der Waals surface area contributed by atoms with Gasteiger partial charge in [0, 0.05) is 23.3 Å². The van der Waals surface area contributed by atoms with Gasteiger partial charge in [0.05, 0.1) is 23.5 Å². The average molecular weight is 471 g/mol. The molecule has 1 N–H and O–H groups in total. The van der Waals surface area contributed by atoms with Crippen molar-refractivity contribution in [2.75, 3.05) is 4.90 Å². The van der Waals surface area contributed by atoms with E-state index < -0.39 is 0 Å². The first-order valence-electron chi connectivity index (χ1n) is 11.4. The molecular formula is C28H27FN4S. The minimum Gasteiger partial charge on any atom is -0.351 e. The van der Waals surface area contributed by atoms with Gasteiger partial charge < -0.3 is 14.8 Å². The van der Waals surface area contributed by atoms with E-state index in [1.807, 2.05) is 29.2 Å². The van der Waals surface area contributed by atoms with Gasteiger partial charge >= 0.3 is 0 Å². The molecule has 1 aliphatic heterocycles. The van der Waals surface area contributed by atoms with Crippen molar-refractivity contribution in [1.29, 1.82) is 0 Å². The lowest BCUT2D eigenvalue weighted by Gasteiger charge is -2.28. The summed E-state index contributed by atoms with van der Waals surface area (Å²) in [6.07, 6.45) is 1.78. The molecule has 4 aromatic rings. The second kappa shape index (κ2) is 8.69. The van der Waals surface area contributed by atoms with Crippen LogP contribution < -0.4 is 10.2 Å². The Morgan fingerprint density at radius 2 is 1.62 bits per heavy atom. The van der Waals surface area contributed by atoms with Gasteiger partial charge in [-0.1, -0.05) is 24.3 Å². The SMILES string of the molecule is Cc1cc(C)cc(-n2c(C)cc([C@@H]3[C@@H](c4ccccn4)NC(=S)N3c3ccccc3F)c2C)c1. The number of halogens is 1. The molecule has 0 radical (unpaired) electrons. The van der Waals surface area contributed by atoms with Crippen molar-refractivity contribution in [2.24, 2.45) is 0 Å². The van der Waals surface area contributed by atoms with Gasteiger partial charge in [-0.2, -0.15) is 0 Å². The van der Waals surface area contributed by atoms with Crippen molar-refractivity contribution < 1.29 is 4.39 Å². The third-order valence-electron chi connectivity index (χ3n) is 6.46. The molecule has 1 aliphatic rings. The fraction of sp³-hybridized carbons (Fsp3) is 0.214. The highest BCUT2D eigenvalue weighted by Crippen LogP contribution is 2.44. The summed E-state index contributed by atoms with van der Waals surface area (Å²) in [5.41, 5.74) is 8.18. The zero-order valence-corrected chi connectivity index (χ0v) is 20.5. The molecule has 0 amide bonds. The fourth-order valence-corrected chi connectivity index (χ4v) is 5.48. The number of aryl methyl sites for hydroxylation is 3. The molecular weight excluding hydrogens is 443 g/mol. The molecule has 6 heteroatoms. The molecule has 1 saturated heterocycles. The molecule has 3 heterocycles. The number of nitrogens with one attached hydrogen (secondary N) is 1. The number of anilines is 1. The maximum atomic E-state index is 15.0. The molecule has 34 heavy (non-hydrogen) atoms. The number of nitrogens with zero attached hydrogens (tertiary/aromatic N) is 3. The Morgan fingerprint density at radius 3 is 2.29 bits per heavy atom.